The topological polar surface area (TPSA) is 61.0 Å². The minimum absolute atomic E-state index is 0.00517. The molecule has 19 heavy (non-hydrogen) atoms. The predicted octanol–water partition coefficient (Wildman–Crippen LogP) is 3.09. The van der Waals surface area contributed by atoms with Gasteiger partial charge in [-0.3, -0.25) is 0 Å². The SMILES string of the molecule is COc1ccc(C(N)c2ccc(Br)c(Cl)c2F)nn1. The van der Waals surface area contributed by atoms with Crippen LogP contribution in [-0.2, 0) is 0 Å². The molecule has 0 fully saturated rings. The van der Waals surface area contributed by atoms with Crippen LogP contribution in [0, 0.1) is 5.82 Å². The summed E-state index contributed by atoms with van der Waals surface area (Å²) in [4.78, 5) is 0. The van der Waals surface area contributed by atoms with E-state index < -0.39 is 11.9 Å². The molecule has 0 radical (unpaired) electrons. The third-order valence-corrected chi connectivity index (χ3v) is 3.85. The number of nitrogens with zero attached hydrogens (tertiary/aromatic N) is 2. The Morgan fingerprint density at radius 2 is 2.05 bits per heavy atom. The Kier molecular flexibility index (Phi) is 4.34. The summed E-state index contributed by atoms with van der Waals surface area (Å²) in [6, 6.07) is 5.69. The molecule has 1 heterocycles. The summed E-state index contributed by atoms with van der Waals surface area (Å²) in [5.41, 5.74) is 6.66. The van der Waals surface area contributed by atoms with E-state index in [1.165, 1.54) is 7.11 Å². The highest BCUT2D eigenvalue weighted by molar-refractivity contribution is 9.10. The normalized spacial score (nSPS) is 12.3. The van der Waals surface area contributed by atoms with Gasteiger partial charge < -0.3 is 10.5 Å². The van der Waals surface area contributed by atoms with Crippen molar-refractivity contribution in [2.45, 2.75) is 6.04 Å². The van der Waals surface area contributed by atoms with Crippen molar-refractivity contribution in [2.24, 2.45) is 5.73 Å². The maximum absolute atomic E-state index is 14.0. The zero-order chi connectivity index (χ0) is 14.0. The van der Waals surface area contributed by atoms with Gasteiger partial charge in [0.2, 0.25) is 5.88 Å². The molecule has 100 valence electrons. The van der Waals surface area contributed by atoms with E-state index in [4.69, 9.17) is 22.1 Å². The van der Waals surface area contributed by atoms with Gasteiger partial charge in [0, 0.05) is 16.1 Å². The molecule has 0 amide bonds. The third-order valence-electron chi connectivity index (χ3n) is 2.59. The summed E-state index contributed by atoms with van der Waals surface area (Å²) < 4.78 is 19.4. The van der Waals surface area contributed by atoms with Gasteiger partial charge in [0.05, 0.1) is 23.9 Å². The van der Waals surface area contributed by atoms with E-state index in [1.54, 1.807) is 24.3 Å². The van der Waals surface area contributed by atoms with E-state index in [0.717, 1.165) is 0 Å². The predicted molar refractivity (Wildman–Crippen MR) is 73.7 cm³/mol. The van der Waals surface area contributed by atoms with Crippen molar-refractivity contribution in [2.75, 3.05) is 7.11 Å². The fourth-order valence-corrected chi connectivity index (χ4v) is 2.02. The summed E-state index contributed by atoms with van der Waals surface area (Å²) in [6.07, 6.45) is 0. The Morgan fingerprint density at radius 1 is 1.32 bits per heavy atom. The lowest BCUT2D eigenvalue weighted by Gasteiger charge is -2.13. The average molecular weight is 347 g/mol. The highest BCUT2D eigenvalue weighted by atomic mass is 79.9. The van der Waals surface area contributed by atoms with Gasteiger partial charge in [-0.2, -0.15) is 0 Å². The van der Waals surface area contributed by atoms with Crippen LogP contribution < -0.4 is 10.5 Å². The van der Waals surface area contributed by atoms with Crippen molar-refractivity contribution >= 4 is 27.5 Å². The molecule has 0 aliphatic carbocycles. The number of aromatic nitrogens is 2. The number of benzene rings is 1. The van der Waals surface area contributed by atoms with E-state index in [-0.39, 0.29) is 10.6 Å². The molecule has 0 aliphatic rings. The van der Waals surface area contributed by atoms with Crippen LogP contribution in [0.3, 0.4) is 0 Å². The number of rotatable bonds is 3. The molecular weight excluding hydrogens is 337 g/mol. The molecule has 0 spiro atoms. The van der Waals surface area contributed by atoms with Crippen molar-refractivity contribution in [3.8, 4) is 5.88 Å². The Balaban J connectivity index is 2.38. The van der Waals surface area contributed by atoms with Crippen molar-refractivity contribution in [1.82, 2.24) is 10.2 Å². The van der Waals surface area contributed by atoms with Gasteiger partial charge in [-0.25, -0.2) is 4.39 Å². The highest BCUT2D eigenvalue weighted by Crippen LogP contribution is 2.31. The first-order chi connectivity index (χ1) is 9.04. The minimum Gasteiger partial charge on any atom is -0.480 e. The number of methoxy groups -OCH3 is 1. The van der Waals surface area contributed by atoms with Gasteiger partial charge in [0.15, 0.2) is 0 Å². The van der Waals surface area contributed by atoms with Gasteiger partial charge in [-0.05, 0) is 28.1 Å². The minimum atomic E-state index is -0.746. The quantitative estimate of drug-likeness (QED) is 0.868. The first kappa shape index (κ1) is 14.2. The molecule has 2 N–H and O–H groups in total. The molecule has 2 aromatic rings. The number of hydrogen-bond donors (Lipinski definition) is 1. The molecule has 7 heteroatoms. The summed E-state index contributed by atoms with van der Waals surface area (Å²) in [5, 5.41) is 7.69. The van der Waals surface area contributed by atoms with E-state index in [2.05, 4.69) is 26.1 Å². The Labute approximate surface area is 122 Å². The second-order valence-corrected chi connectivity index (χ2v) is 4.98. The molecule has 1 unspecified atom stereocenters. The van der Waals surface area contributed by atoms with Gasteiger partial charge >= 0.3 is 0 Å². The van der Waals surface area contributed by atoms with Gasteiger partial charge in [0.25, 0.3) is 0 Å². The molecule has 4 nitrogen and oxygen atoms in total. The summed E-state index contributed by atoms with van der Waals surface area (Å²) in [7, 11) is 1.48. The van der Waals surface area contributed by atoms with E-state index in [9.17, 15) is 4.39 Å². The second-order valence-electron chi connectivity index (χ2n) is 3.74. The molecule has 0 bridgehead atoms. The number of ether oxygens (including phenoxy) is 1. The molecular formula is C12H10BrClFN3O. The van der Waals surface area contributed by atoms with E-state index in [0.29, 0.717) is 16.0 Å². The Bertz CT molecular complexity index is 594. The molecule has 1 aromatic heterocycles. The molecule has 0 saturated carbocycles. The van der Waals surface area contributed by atoms with Crippen molar-refractivity contribution in [3.05, 3.63) is 50.8 Å². The van der Waals surface area contributed by atoms with Gasteiger partial charge in [-0.1, -0.05) is 17.7 Å². The summed E-state index contributed by atoms with van der Waals surface area (Å²) in [6.45, 7) is 0. The zero-order valence-electron chi connectivity index (χ0n) is 9.90. The van der Waals surface area contributed by atoms with Crippen molar-refractivity contribution in [3.63, 3.8) is 0 Å². The molecule has 0 aliphatic heterocycles. The molecule has 1 aromatic carbocycles. The fourth-order valence-electron chi connectivity index (χ4n) is 1.55. The number of halogens is 3. The third kappa shape index (κ3) is 2.86. The number of nitrogens with two attached hydrogens (primary N) is 1. The first-order valence-corrected chi connectivity index (χ1v) is 6.48. The van der Waals surface area contributed by atoms with Crippen LogP contribution in [0.5, 0.6) is 5.88 Å². The van der Waals surface area contributed by atoms with Crippen LogP contribution >= 0.6 is 27.5 Å². The van der Waals surface area contributed by atoms with Crippen LogP contribution in [0.4, 0.5) is 4.39 Å². The molecule has 2 rings (SSSR count). The van der Waals surface area contributed by atoms with Crippen LogP contribution in [0.1, 0.15) is 17.3 Å². The first-order valence-electron chi connectivity index (χ1n) is 5.31. The monoisotopic (exact) mass is 345 g/mol. The lowest BCUT2D eigenvalue weighted by molar-refractivity contribution is 0.390. The Morgan fingerprint density at radius 3 is 2.63 bits per heavy atom. The number of hydrogen-bond acceptors (Lipinski definition) is 4. The zero-order valence-corrected chi connectivity index (χ0v) is 12.2. The smallest absolute Gasteiger partial charge is 0.233 e. The standard InChI is InChI=1S/C12H10BrClFN3O/c1-19-9-5-4-8(17-18-9)12(16)6-2-3-7(13)10(14)11(6)15/h2-5,12H,16H2,1H3. The maximum atomic E-state index is 14.0. The van der Waals surface area contributed by atoms with Crippen LogP contribution in [0.2, 0.25) is 5.02 Å². The van der Waals surface area contributed by atoms with E-state index >= 15 is 0 Å². The van der Waals surface area contributed by atoms with Crippen molar-refractivity contribution < 1.29 is 9.13 Å². The lowest BCUT2D eigenvalue weighted by Crippen LogP contribution is -2.16. The lowest BCUT2D eigenvalue weighted by atomic mass is 10.0. The average Bonchev–Trinajstić information content (AvgIpc) is 2.44. The fraction of sp³-hybridized carbons (Fsp3) is 0.167. The van der Waals surface area contributed by atoms with Gasteiger partial charge in [-0.15, -0.1) is 10.2 Å². The highest BCUT2D eigenvalue weighted by Gasteiger charge is 2.19. The van der Waals surface area contributed by atoms with Crippen LogP contribution in [0.15, 0.2) is 28.7 Å². The van der Waals surface area contributed by atoms with E-state index in [1.807, 2.05) is 0 Å². The molecule has 0 saturated heterocycles. The van der Waals surface area contributed by atoms with Gasteiger partial charge in [0.1, 0.15) is 5.82 Å². The summed E-state index contributed by atoms with van der Waals surface area (Å²) >= 11 is 8.98. The van der Waals surface area contributed by atoms with Crippen molar-refractivity contribution in [1.29, 1.82) is 0 Å². The summed E-state index contributed by atoms with van der Waals surface area (Å²) in [5.74, 6) is -0.202. The van der Waals surface area contributed by atoms with Crippen LogP contribution in [0.25, 0.3) is 0 Å². The van der Waals surface area contributed by atoms with Crippen LogP contribution in [-0.4, -0.2) is 17.3 Å². The second kappa shape index (κ2) is 5.81. The molecule has 1 atom stereocenters. The maximum Gasteiger partial charge on any atom is 0.233 e. The Hall–Kier alpha value is -1.24. The largest absolute Gasteiger partial charge is 0.480 e.